The molecule has 16 heavy (non-hydrogen) atoms. The second-order valence-corrected chi connectivity index (χ2v) is 4.54. The van der Waals surface area contributed by atoms with Crippen LogP contribution in [0.4, 0.5) is 0 Å². The van der Waals surface area contributed by atoms with E-state index in [4.69, 9.17) is 10.2 Å². The minimum atomic E-state index is -0.192. The molecule has 90 valence electrons. The maximum Gasteiger partial charge on any atom is 0.287 e. The third-order valence-corrected chi connectivity index (χ3v) is 2.98. The lowest BCUT2D eigenvalue weighted by Gasteiger charge is -2.14. The number of nitrogens with two attached hydrogens (primary N) is 1. The maximum absolute atomic E-state index is 11.7. The van der Waals surface area contributed by atoms with E-state index < -0.39 is 0 Å². The average Bonchev–Trinajstić information content (AvgIpc) is 2.97. The number of carbonyl (C=O) groups is 1. The number of amides is 1. The highest BCUT2D eigenvalue weighted by Gasteiger charge is 2.31. The number of hydrogen-bond acceptors (Lipinski definition) is 3. The summed E-state index contributed by atoms with van der Waals surface area (Å²) in [5.74, 6) is 0.682. The Labute approximate surface area is 108 Å². The fourth-order valence-corrected chi connectivity index (χ4v) is 1.85. The van der Waals surface area contributed by atoms with E-state index in [1.807, 2.05) is 0 Å². The van der Waals surface area contributed by atoms with Crippen molar-refractivity contribution in [2.24, 2.45) is 11.7 Å². The second kappa shape index (κ2) is 5.70. The van der Waals surface area contributed by atoms with Gasteiger partial charge in [0.2, 0.25) is 0 Å². The van der Waals surface area contributed by atoms with Crippen molar-refractivity contribution in [3.05, 3.63) is 22.6 Å². The van der Waals surface area contributed by atoms with Crippen LogP contribution in [0, 0.1) is 5.92 Å². The van der Waals surface area contributed by atoms with Gasteiger partial charge in [0, 0.05) is 12.6 Å². The molecule has 1 fully saturated rings. The molecule has 1 aliphatic rings. The van der Waals surface area contributed by atoms with Crippen molar-refractivity contribution < 1.29 is 9.21 Å². The van der Waals surface area contributed by atoms with Crippen LogP contribution < -0.4 is 11.1 Å². The van der Waals surface area contributed by atoms with Gasteiger partial charge in [0.05, 0.1) is 0 Å². The van der Waals surface area contributed by atoms with E-state index in [1.165, 1.54) is 0 Å². The molecule has 1 heterocycles. The summed E-state index contributed by atoms with van der Waals surface area (Å²) >= 11 is 3.15. The van der Waals surface area contributed by atoms with E-state index in [2.05, 4.69) is 21.2 Å². The molecular formula is C10H14BrClN2O2. The lowest BCUT2D eigenvalue weighted by atomic mass is 10.2. The predicted octanol–water partition coefficient (Wildman–Crippen LogP) is 1.93. The first-order valence-corrected chi connectivity index (χ1v) is 5.76. The lowest BCUT2D eigenvalue weighted by molar-refractivity contribution is 0.0904. The van der Waals surface area contributed by atoms with Crippen LogP contribution >= 0.6 is 28.3 Å². The van der Waals surface area contributed by atoms with Gasteiger partial charge in [0.15, 0.2) is 10.4 Å². The third-order valence-electron chi connectivity index (χ3n) is 2.56. The quantitative estimate of drug-likeness (QED) is 0.893. The average molecular weight is 310 g/mol. The zero-order valence-electron chi connectivity index (χ0n) is 8.61. The maximum atomic E-state index is 11.7. The van der Waals surface area contributed by atoms with Gasteiger partial charge in [-0.1, -0.05) is 0 Å². The van der Waals surface area contributed by atoms with Crippen LogP contribution in [0.2, 0.25) is 0 Å². The molecule has 0 saturated heterocycles. The highest BCUT2D eigenvalue weighted by Crippen LogP contribution is 2.32. The number of halogens is 2. The van der Waals surface area contributed by atoms with Crippen molar-refractivity contribution in [3.8, 4) is 0 Å². The SMILES string of the molecule is Cl.NCC(NC(=O)c1ccc(Br)o1)C1CC1. The molecule has 3 N–H and O–H groups in total. The smallest absolute Gasteiger partial charge is 0.287 e. The van der Waals surface area contributed by atoms with Gasteiger partial charge >= 0.3 is 0 Å². The Morgan fingerprint density at radius 2 is 2.31 bits per heavy atom. The summed E-state index contributed by atoms with van der Waals surface area (Å²) in [4.78, 5) is 11.7. The van der Waals surface area contributed by atoms with E-state index in [0.717, 1.165) is 12.8 Å². The largest absolute Gasteiger partial charge is 0.444 e. The van der Waals surface area contributed by atoms with Crippen LogP contribution in [0.25, 0.3) is 0 Å². The van der Waals surface area contributed by atoms with E-state index in [9.17, 15) is 4.79 Å². The van der Waals surface area contributed by atoms with Gasteiger partial charge < -0.3 is 15.5 Å². The Hall–Kier alpha value is -0.520. The molecular weight excluding hydrogens is 295 g/mol. The summed E-state index contributed by atoms with van der Waals surface area (Å²) in [6.45, 7) is 0.484. The molecule has 1 aromatic heterocycles. The van der Waals surface area contributed by atoms with E-state index in [-0.39, 0.29) is 24.4 Å². The van der Waals surface area contributed by atoms with Crippen molar-refractivity contribution in [2.75, 3.05) is 6.54 Å². The topological polar surface area (TPSA) is 68.3 Å². The van der Waals surface area contributed by atoms with Crippen molar-refractivity contribution in [1.82, 2.24) is 5.32 Å². The molecule has 0 spiro atoms. The molecule has 1 aliphatic carbocycles. The van der Waals surface area contributed by atoms with Gasteiger partial charge in [0.25, 0.3) is 5.91 Å². The normalized spacial score (nSPS) is 16.4. The predicted molar refractivity (Wildman–Crippen MR) is 66.7 cm³/mol. The lowest BCUT2D eigenvalue weighted by Crippen LogP contribution is -2.41. The second-order valence-electron chi connectivity index (χ2n) is 3.76. The highest BCUT2D eigenvalue weighted by atomic mass is 79.9. The Kier molecular flexibility index (Phi) is 4.83. The number of nitrogens with one attached hydrogen (secondary N) is 1. The fraction of sp³-hybridized carbons (Fsp3) is 0.500. The summed E-state index contributed by atoms with van der Waals surface area (Å²) in [6.07, 6.45) is 2.31. The summed E-state index contributed by atoms with van der Waals surface area (Å²) in [5.41, 5.74) is 5.59. The van der Waals surface area contributed by atoms with Crippen molar-refractivity contribution >= 4 is 34.2 Å². The van der Waals surface area contributed by atoms with Crippen LogP contribution in [0.1, 0.15) is 23.4 Å². The molecule has 1 atom stereocenters. The first-order valence-electron chi connectivity index (χ1n) is 4.97. The van der Waals surface area contributed by atoms with E-state index in [1.54, 1.807) is 12.1 Å². The summed E-state index contributed by atoms with van der Waals surface area (Å²) in [7, 11) is 0. The van der Waals surface area contributed by atoms with Gasteiger partial charge in [-0.25, -0.2) is 0 Å². The Morgan fingerprint density at radius 3 is 2.75 bits per heavy atom. The molecule has 1 saturated carbocycles. The van der Waals surface area contributed by atoms with Gasteiger partial charge in [-0.3, -0.25) is 4.79 Å². The Morgan fingerprint density at radius 1 is 1.62 bits per heavy atom. The minimum Gasteiger partial charge on any atom is -0.444 e. The van der Waals surface area contributed by atoms with Gasteiger partial charge in [-0.15, -0.1) is 12.4 Å². The number of carbonyl (C=O) groups excluding carboxylic acids is 1. The van der Waals surface area contributed by atoms with Crippen LogP contribution in [0.15, 0.2) is 21.2 Å². The van der Waals surface area contributed by atoms with Gasteiger partial charge in [0.1, 0.15) is 0 Å². The van der Waals surface area contributed by atoms with Gasteiger partial charge in [-0.2, -0.15) is 0 Å². The Bertz CT molecular complexity index is 365. The summed E-state index contributed by atoms with van der Waals surface area (Å²) in [5, 5.41) is 2.88. The van der Waals surface area contributed by atoms with Crippen LogP contribution in [-0.2, 0) is 0 Å². The van der Waals surface area contributed by atoms with Crippen molar-refractivity contribution in [3.63, 3.8) is 0 Å². The molecule has 0 aliphatic heterocycles. The monoisotopic (exact) mass is 308 g/mol. The molecule has 1 amide bonds. The molecule has 1 unspecified atom stereocenters. The van der Waals surface area contributed by atoms with Crippen LogP contribution in [0.5, 0.6) is 0 Å². The standard InChI is InChI=1S/C10H13BrN2O2.ClH/c11-9-4-3-8(15-9)10(14)13-7(5-12)6-1-2-6;/h3-4,6-7H,1-2,5,12H2,(H,13,14);1H. The van der Waals surface area contributed by atoms with Crippen molar-refractivity contribution in [2.45, 2.75) is 18.9 Å². The van der Waals surface area contributed by atoms with E-state index in [0.29, 0.717) is 22.9 Å². The fourth-order valence-electron chi connectivity index (χ4n) is 1.54. The molecule has 1 aromatic rings. The van der Waals surface area contributed by atoms with Gasteiger partial charge in [-0.05, 0) is 46.8 Å². The molecule has 0 bridgehead atoms. The first-order chi connectivity index (χ1) is 7.20. The highest BCUT2D eigenvalue weighted by molar-refractivity contribution is 9.10. The Balaban J connectivity index is 0.00000128. The molecule has 0 radical (unpaired) electrons. The number of rotatable bonds is 4. The molecule has 0 aromatic carbocycles. The third kappa shape index (κ3) is 3.23. The number of furan rings is 1. The molecule has 4 nitrogen and oxygen atoms in total. The molecule has 6 heteroatoms. The summed E-state index contributed by atoms with van der Waals surface area (Å²) in [6, 6.07) is 3.42. The van der Waals surface area contributed by atoms with Crippen molar-refractivity contribution in [1.29, 1.82) is 0 Å². The number of hydrogen-bond donors (Lipinski definition) is 2. The van der Waals surface area contributed by atoms with Crippen LogP contribution in [-0.4, -0.2) is 18.5 Å². The minimum absolute atomic E-state index is 0. The first kappa shape index (κ1) is 13.5. The van der Waals surface area contributed by atoms with Crippen LogP contribution in [0.3, 0.4) is 0 Å². The van der Waals surface area contributed by atoms with E-state index >= 15 is 0 Å². The molecule has 2 rings (SSSR count). The summed E-state index contributed by atoms with van der Waals surface area (Å²) < 4.78 is 5.71. The zero-order valence-corrected chi connectivity index (χ0v) is 11.0. The zero-order chi connectivity index (χ0) is 10.8.